The molecule has 0 spiro atoms. The number of carbonyl (C=O) groups excluding carboxylic acids is 2. The second-order valence-electron chi connectivity index (χ2n) is 6.61. The van der Waals surface area contributed by atoms with E-state index in [0.29, 0.717) is 36.1 Å². The molecule has 144 valence electrons. The molecule has 0 saturated carbocycles. The van der Waals surface area contributed by atoms with E-state index in [4.69, 9.17) is 4.74 Å². The van der Waals surface area contributed by atoms with Crippen LogP contribution in [0.4, 0.5) is 13.2 Å². The van der Waals surface area contributed by atoms with E-state index in [1.807, 2.05) is 0 Å². The lowest BCUT2D eigenvalue weighted by molar-refractivity contribution is -0.139. The second-order valence-corrected chi connectivity index (χ2v) is 6.61. The highest BCUT2D eigenvalue weighted by atomic mass is 19.4. The maximum atomic E-state index is 12.9. The molecule has 4 nitrogen and oxygen atoms in total. The molecular weight excluding hydrogens is 359 g/mol. The Hall–Kier alpha value is -2.57. The Labute approximate surface area is 155 Å². The van der Waals surface area contributed by atoms with Gasteiger partial charge in [0.2, 0.25) is 0 Å². The fourth-order valence-electron chi connectivity index (χ4n) is 3.66. The fraction of sp³-hybridized carbons (Fsp3) is 0.400. The first kappa shape index (κ1) is 19.2. The summed E-state index contributed by atoms with van der Waals surface area (Å²) in [5, 5.41) is 3.13. The van der Waals surface area contributed by atoms with Crippen LogP contribution in [0.25, 0.3) is 0 Å². The maximum Gasteiger partial charge on any atom is 0.416 e. The van der Waals surface area contributed by atoms with Crippen molar-refractivity contribution in [1.82, 2.24) is 5.32 Å². The Kier molecular flexibility index (Phi) is 5.13. The Morgan fingerprint density at radius 2 is 1.89 bits per heavy atom. The number of nitrogens with one attached hydrogen (secondary N) is 1. The van der Waals surface area contributed by atoms with E-state index in [-0.39, 0.29) is 18.0 Å². The number of hydrogen-bond acceptors (Lipinski definition) is 4. The van der Waals surface area contributed by atoms with Crippen molar-refractivity contribution in [2.45, 2.75) is 45.2 Å². The van der Waals surface area contributed by atoms with Gasteiger partial charge in [-0.2, -0.15) is 13.2 Å². The number of Topliss-reactive ketones (excluding diaryl/α,β-unsaturated/α-hetero) is 1. The maximum absolute atomic E-state index is 12.9. The van der Waals surface area contributed by atoms with Gasteiger partial charge < -0.3 is 10.1 Å². The molecule has 0 amide bonds. The van der Waals surface area contributed by atoms with Gasteiger partial charge in [-0.05, 0) is 44.4 Å². The first-order valence-corrected chi connectivity index (χ1v) is 8.82. The van der Waals surface area contributed by atoms with Gasteiger partial charge in [-0.15, -0.1) is 0 Å². The minimum atomic E-state index is -4.45. The van der Waals surface area contributed by atoms with E-state index in [0.717, 1.165) is 17.8 Å². The molecule has 3 rings (SSSR count). The van der Waals surface area contributed by atoms with Crippen molar-refractivity contribution in [3.05, 3.63) is 57.9 Å². The molecule has 1 atom stereocenters. The van der Waals surface area contributed by atoms with E-state index >= 15 is 0 Å². The summed E-state index contributed by atoms with van der Waals surface area (Å²) in [5.74, 6) is -1.39. The van der Waals surface area contributed by atoms with Crippen molar-refractivity contribution >= 4 is 11.8 Å². The van der Waals surface area contributed by atoms with Crippen LogP contribution in [-0.4, -0.2) is 18.4 Å². The summed E-state index contributed by atoms with van der Waals surface area (Å²) in [6.07, 6.45) is -2.74. The number of benzene rings is 1. The van der Waals surface area contributed by atoms with Crippen LogP contribution >= 0.6 is 0 Å². The zero-order valence-electron chi connectivity index (χ0n) is 15.1. The van der Waals surface area contributed by atoms with Crippen molar-refractivity contribution in [3.8, 4) is 0 Å². The molecule has 0 bridgehead atoms. The predicted molar refractivity (Wildman–Crippen MR) is 92.5 cm³/mol. The molecule has 2 aliphatic rings. The monoisotopic (exact) mass is 379 g/mol. The molecule has 1 aliphatic heterocycles. The molecular formula is C20H20F3NO3. The van der Waals surface area contributed by atoms with Gasteiger partial charge in [0.05, 0.1) is 17.7 Å². The topological polar surface area (TPSA) is 55.4 Å². The van der Waals surface area contributed by atoms with Crippen molar-refractivity contribution in [2.24, 2.45) is 0 Å². The average molecular weight is 379 g/mol. The van der Waals surface area contributed by atoms with Crippen LogP contribution in [0.1, 0.15) is 50.2 Å². The van der Waals surface area contributed by atoms with Gasteiger partial charge in [-0.25, -0.2) is 4.79 Å². The largest absolute Gasteiger partial charge is 0.463 e. The van der Waals surface area contributed by atoms with Gasteiger partial charge in [0.15, 0.2) is 5.78 Å². The van der Waals surface area contributed by atoms with Gasteiger partial charge in [0.1, 0.15) is 0 Å². The normalized spacial score (nSPS) is 20.3. The minimum Gasteiger partial charge on any atom is -0.463 e. The van der Waals surface area contributed by atoms with Gasteiger partial charge in [0, 0.05) is 29.3 Å². The second kappa shape index (κ2) is 7.21. The Morgan fingerprint density at radius 1 is 1.22 bits per heavy atom. The quantitative estimate of drug-likeness (QED) is 0.799. The van der Waals surface area contributed by atoms with Gasteiger partial charge >= 0.3 is 12.1 Å². The van der Waals surface area contributed by atoms with Crippen LogP contribution in [0.5, 0.6) is 0 Å². The number of ketones is 1. The van der Waals surface area contributed by atoms with Gasteiger partial charge in [-0.1, -0.05) is 12.1 Å². The van der Waals surface area contributed by atoms with Crippen molar-refractivity contribution in [2.75, 3.05) is 6.61 Å². The third kappa shape index (κ3) is 3.63. The van der Waals surface area contributed by atoms with Crippen molar-refractivity contribution in [1.29, 1.82) is 0 Å². The first-order valence-electron chi connectivity index (χ1n) is 8.82. The summed E-state index contributed by atoms with van der Waals surface area (Å²) in [6, 6.07) is 4.61. The number of hydrogen-bond donors (Lipinski definition) is 1. The zero-order valence-corrected chi connectivity index (χ0v) is 15.1. The summed E-state index contributed by atoms with van der Waals surface area (Å²) in [7, 11) is 0. The van der Waals surface area contributed by atoms with E-state index in [2.05, 4.69) is 5.32 Å². The SMILES string of the molecule is CCOC(=O)C1=C(C)NC2=C(C(=O)CCC2)C1c1ccc(C(F)(F)F)cc1. The average Bonchev–Trinajstić information content (AvgIpc) is 2.60. The number of esters is 1. The Bertz CT molecular complexity index is 835. The molecule has 1 aliphatic carbocycles. The predicted octanol–water partition coefficient (Wildman–Crippen LogP) is 4.24. The molecule has 27 heavy (non-hydrogen) atoms. The highest BCUT2D eigenvalue weighted by Gasteiger charge is 2.39. The zero-order chi connectivity index (χ0) is 19.8. The van der Waals surface area contributed by atoms with E-state index in [1.54, 1.807) is 13.8 Å². The summed E-state index contributed by atoms with van der Waals surface area (Å²) in [4.78, 5) is 25.2. The molecule has 1 aromatic carbocycles. The highest BCUT2D eigenvalue weighted by molar-refractivity contribution is 6.03. The van der Waals surface area contributed by atoms with E-state index in [1.165, 1.54) is 12.1 Å². The van der Waals surface area contributed by atoms with Crippen LogP contribution in [-0.2, 0) is 20.5 Å². The lowest BCUT2D eigenvalue weighted by Gasteiger charge is -2.34. The van der Waals surface area contributed by atoms with Crippen molar-refractivity contribution in [3.63, 3.8) is 0 Å². The number of carbonyl (C=O) groups is 2. The number of allylic oxidation sites excluding steroid dienone is 3. The number of dihydropyridines is 1. The van der Waals surface area contributed by atoms with Gasteiger partial charge in [0.25, 0.3) is 0 Å². The van der Waals surface area contributed by atoms with Crippen LogP contribution in [0.15, 0.2) is 46.8 Å². The van der Waals surface area contributed by atoms with Crippen LogP contribution in [0.2, 0.25) is 0 Å². The standard InChI is InChI=1S/C20H20F3NO3/c1-3-27-19(26)16-11(2)24-14-5-4-6-15(25)18(14)17(16)12-7-9-13(10-8-12)20(21,22)23/h7-10,17,24H,3-6H2,1-2H3. The lowest BCUT2D eigenvalue weighted by Crippen LogP contribution is -2.34. The third-order valence-corrected chi connectivity index (χ3v) is 4.84. The van der Waals surface area contributed by atoms with E-state index in [9.17, 15) is 22.8 Å². The molecule has 0 saturated heterocycles. The fourth-order valence-corrected chi connectivity index (χ4v) is 3.66. The summed E-state index contributed by atoms with van der Waals surface area (Å²) in [6.45, 7) is 3.55. The third-order valence-electron chi connectivity index (χ3n) is 4.84. The lowest BCUT2D eigenvalue weighted by atomic mass is 9.75. The number of ether oxygens (including phenoxy) is 1. The summed E-state index contributed by atoms with van der Waals surface area (Å²) < 4.78 is 43.9. The molecule has 0 radical (unpaired) electrons. The van der Waals surface area contributed by atoms with Gasteiger partial charge in [-0.3, -0.25) is 4.79 Å². The smallest absolute Gasteiger partial charge is 0.416 e. The number of rotatable bonds is 3. The summed E-state index contributed by atoms with van der Waals surface area (Å²) >= 11 is 0. The Balaban J connectivity index is 2.12. The molecule has 0 fully saturated rings. The minimum absolute atomic E-state index is 0.0945. The summed E-state index contributed by atoms with van der Waals surface area (Å²) in [5.41, 5.74) is 1.71. The number of alkyl halides is 3. The van der Waals surface area contributed by atoms with E-state index < -0.39 is 23.6 Å². The van der Waals surface area contributed by atoms with Crippen LogP contribution in [0, 0.1) is 0 Å². The highest BCUT2D eigenvalue weighted by Crippen LogP contribution is 2.43. The molecule has 1 heterocycles. The number of halogens is 3. The molecule has 0 aromatic heterocycles. The molecule has 1 aromatic rings. The Morgan fingerprint density at radius 3 is 2.48 bits per heavy atom. The molecule has 7 heteroatoms. The van der Waals surface area contributed by atoms with Crippen LogP contribution in [0.3, 0.4) is 0 Å². The molecule has 1 unspecified atom stereocenters. The molecule has 1 N–H and O–H groups in total. The first-order chi connectivity index (χ1) is 12.7. The van der Waals surface area contributed by atoms with Crippen molar-refractivity contribution < 1.29 is 27.5 Å². The van der Waals surface area contributed by atoms with Crippen LogP contribution < -0.4 is 5.32 Å².